The van der Waals surface area contributed by atoms with Gasteiger partial charge < -0.3 is 15.2 Å². The summed E-state index contributed by atoms with van der Waals surface area (Å²) in [5.41, 5.74) is 3.53. The number of phenols is 1. The van der Waals surface area contributed by atoms with Gasteiger partial charge in [-0.2, -0.15) is 5.10 Å². The highest BCUT2D eigenvalue weighted by Crippen LogP contribution is 2.34. The van der Waals surface area contributed by atoms with Crippen molar-refractivity contribution in [1.29, 1.82) is 0 Å². The molecule has 1 aromatic carbocycles. The summed E-state index contributed by atoms with van der Waals surface area (Å²) < 4.78 is 6.93. The summed E-state index contributed by atoms with van der Waals surface area (Å²) in [6.45, 7) is 1.40. The minimum atomic E-state index is 0.237. The third kappa shape index (κ3) is 3.19. The summed E-state index contributed by atoms with van der Waals surface area (Å²) in [5.74, 6) is 0.332. The minimum Gasteiger partial charge on any atom is -0.508 e. The molecule has 5 heteroatoms. The van der Waals surface area contributed by atoms with Crippen LogP contribution in [-0.2, 0) is 17.7 Å². The van der Waals surface area contributed by atoms with E-state index in [-0.39, 0.29) is 6.04 Å². The van der Waals surface area contributed by atoms with Gasteiger partial charge in [0.25, 0.3) is 0 Å². The van der Waals surface area contributed by atoms with Gasteiger partial charge in [-0.25, -0.2) is 0 Å². The van der Waals surface area contributed by atoms with Crippen LogP contribution in [0.25, 0.3) is 0 Å². The van der Waals surface area contributed by atoms with Crippen molar-refractivity contribution in [2.75, 3.05) is 19.0 Å². The third-order valence-corrected chi connectivity index (χ3v) is 3.94. The van der Waals surface area contributed by atoms with E-state index < -0.39 is 0 Å². The Labute approximate surface area is 124 Å². The quantitative estimate of drug-likeness (QED) is 0.887. The number of hydrogen-bond donors (Lipinski definition) is 2. The molecular formula is C16H21N3O2. The zero-order valence-electron chi connectivity index (χ0n) is 12.2. The molecular weight excluding hydrogens is 266 g/mol. The average Bonchev–Trinajstić information content (AvgIpc) is 2.93. The fourth-order valence-corrected chi connectivity index (χ4v) is 2.88. The Morgan fingerprint density at radius 3 is 3.24 bits per heavy atom. The second-order valence-electron chi connectivity index (χ2n) is 5.46. The molecule has 0 fully saturated rings. The molecule has 1 unspecified atom stereocenters. The Bertz CT molecular complexity index is 609. The van der Waals surface area contributed by atoms with Crippen LogP contribution in [0.5, 0.6) is 5.75 Å². The molecule has 0 saturated heterocycles. The first kappa shape index (κ1) is 13.9. The number of fused-ring (bicyclic) bond motifs is 1. The Balaban J connectivity index is 1.74. The molecule has 0 bridgehead atoms. The maximum absolute atomic E-state index is 9.72. The van der Waals surface area contributed by atoms with E-state index in [1.165, 1.54) is 11.1 Å². The summed E-state index contributed by atoms with van der Waals surface area (Å²) >= 11 is 0. The molecule has 0 radical (unpaired) electrons. The van der Waals surface area contributed by atoms with Gasteiger partial charge in [-0.15, -0.1) is 0 Å². The summed E-state index contributed by atoms with van der Waals surface area (Å²) in [4.78, 5) is 0. The van der Waals surface area contributed by atoms with Crippen LogP contribution in [-0.4, -0.2) is 28.6 Å². The van der Waals surface area contributed by atoms with E-state index in [0.29, 0.717) is 12.4 Å². The number of aromatic hydroxyl groups is 1. The summed E-state index contributed by atoms with van der Waals surface area (Å²) in [6.07, 6.45) is 7.15. The van der Waals surface area contributed by atoms with Crippen molar-refractivity contribution in [3.8, 4) is 5.75 Å². The second kappa shape index (κ2) is 6.18. The number of benzene rings is 1. The first-order chi connectivity index (χ1) is 10.3. The lowest BCUT2D eigenvalue weighted by molar-refractivity contribution is 0.183. The van der Waals surface area contributed by atoms with Gasteiger partial charge in [0.05, 0.1) is 31.1 Å². The van der Waals surface area contributed by atoms with Crippen LogP contribution >= 0.6 is 0 Å². The van der Waals surface area contributed by atoms with Crippen molar-refractivity contribution in [2.45, 2.75) is 31.8 Å². The molecule has 0 amide bonds. The van der Waals surface area contributed by atoms with Crippen LogP contribution in [0.3, 0.4) is 0 Å². The number of nitrogens with zero attached hydrogens (tertiary/aromatic N) is 2. The molecule has 2 N–H and O–H groups in total. The molecule has 21 heavy (non-hydrogen) atoms. The molecule has 1 aromatic heterocycles. The SMILES string of the molecule is COCCn1cc(NC2CCCc3ccc(O)cc32)cn1. The van der Waals surface area contributed by atoms with Crippen molar-refractivity contribution in [1.82, 2.24) is 9.78 Å². The first-order valence-electron chi connectivity index (χ1n) is 7.36. The first-order valence-corrected chi connectivity index (χ1v) is 7.36. The van der Waals surface area contributed by atoms with E-state index in [0.717, 1.165) is 31.5 Å². The molecule has 1 aliphatic rings. The molecule has 3 rings (SSSR count). The van der Waals surface area contributed by atoms with Gasteiger partial charge in [-0.3, -0.25) is 4.68 Å². The number of methoxy groups -OCH3 is 1. The van der Waals surface area contributed by atoms with E-state index in [1.54, 1.807) is 13.2 Å². The van der Waals surface area contributed by atoms with Gasteiger partial charge in [-0.1, -0.05) is 6.07 Å². The Kier molecular flexibility index (Phi) is 4.10. The highest BCUT2D eigenvalue weighted by Gasteiger charge is 2.20. The molecule has 0 saturated carbocycles. The average molecular weight is 287 g/mol. The summed E-state index contributed by atoms with van der Waals surface area (Å²) in [5, 5.41) is 17.6. The number of anilines is 1. The lowest BCUT2D eigenvalue weighted by atomic mass is 9.87. The molecule has 1 atom stereocenters. The number of rotatable bonds is 5. The summed E-state index contributed by atoms with van der Waals surface area (Å²) in [7, 11) is 1.69. The van der Waals surface area contributed by atoms with Gasteiger partial charge in [-0.05, 0) is 42.5 Å². The molecule has 2 aromatic rings. The number of aryl methyl sites for hydroxylation is 1. The van der Waals surface area contributed by atoms with Crippen LogP contribution in [0.4, 0.5) is 5.69 Å². The third-order valence-electron chi connectivity index (χ3n) is 3.94. The minimum absolute atomic E-state index is 0.237. The van der Waals surface area contributed by atoms with Crippen molar-refractivity contribution in [2.24, 2.45) is 0 Å². The van der Waals surface area contributed by atoms with E-state index >= 15 is 0 Å². The lowest BCUT2D eigenvalue weighted by Gasteiger charge is -2.26. The molecule has 1 aliphatic carbocycles. The van der Waals surface area contributed by atoms with Crippen molar-refractivity contribution in [3.63, 3.8) is 0 Å². The Morgan fingerprint density at radius 2 is 2.38 bits per heavy atom. The fraction of sp³-hybridized carbons (Fsp3) is 0.438. The topological polar surface area (TPSA) is 59.3 Å². The van der Waals surface area contributed by atoms with Crippen LogP contribution in [0.1, 0.15) is 30.0 Å². The zero-order chi connectivity index (χ0) is 14.7. The normalized spacial score (nSPS) is 17.5. The number of phenolic OH excluding ortho intramolecular Hbond substituents is 1. The number of aromatic nitrogens is 2. The summed E-state index contributed by atoms with van der Waals surface area (Å²) in [6, 6.07) is 5.91. The Hall–Kier alpha value is -2.01. The largest absolute Gasteiger partial charge is 0.508 e. The van der Waals surface area contributed by atoms with Crippen LogP contribution in [0, 0.1) is 0 Å². The van der Waals surface area contributed by atoms with Gasteiger partial charge in [0.1, 0.15) is 5.75 Å². The van der Waals surface area contributed by atoms with Gasteiger partial charge in [0, 0.05) is 13.3 Å². The van der Waals surface area contributed by atoms with E-state index in [9.17, 15) is 5.11 Å². The highest BCUT2D eigenvalue weighted by molar-refractivity contribution is 5.46. The molecule has 0 aliphatic heterocycles. The fourth-order valence-electron chi connectivity index (χ4n) is 2.88. The molecule has 0 spiro atoms. The van der Waals surface area contributed by atoms with E-state index in [2.05, 4.69) is 10.4 Å². The second-order valence-corrected chi connectivity index (χ2v) is 5.46. The zero-order valence-corrected chi connectivity index (χ0v) is 12.2. The smallest absolute Gasteiger partial charge is 0.115 e. The predicted octanol–water partition coefficient (Wildman–Crippen LogP) is 2.72. The van der Waals surface area contributed by atoms with Gasteiger partial charge in [0.15, 0.2) is 0 Å². The number of ether oxygens (including phenoxy) is 1. The van der Waals surface area contributed by atoms with Crippen LogP contribution in [0.2, 0.25) is 0 Å². The van der Waals surface area contributed by atoms with Crippen LogP contribution < -0.4 is 5.32 Å². The lowest BCUT2D eigenvalue weighted by Crippen LogP contribution is -2.17. The predicted molar refractivity (Wildman–Crippen MR) is 81.5 cm³/mol. The van der Waals surface area contributed by atoms with Gasteiger partial charge in [0.2, 0.25) is 0 Å². The molecule has 112 valence electrons. The maximum atomic E-state index is 9.72. The monoisotopic (exact) mass is 287 g/mol. The molecule has 1 heterocycles. The molecule has 5 nitrogen and oxygen atoms in total. The number of nitrogens with one attached hydrogen (secondary N) is 1. The van der Waals surface area contributed by atoms with Crippen molar-refractivity contribution in [3.05, 3.63) is 41.7 Å². The van der Waals surface area contributed by atoms with Crippen LogP contribution in [0.15, 0.2) is 30.6 Å². The highest BCUT2D eigenvalue weighted by atomic mass is 16.5. The van der Waals surface area contributed by atoms with Crippen molar-refractivity contribution < 1.29 is 9.84 Å². The standard InChI is InChI=1S/C16H21N3O2/c1-21-8-7-19-11-13(10-17-19)18-16-4-2-3-12-5-6-14(20)9-15(12)16/h5-6,9-11,16,18,20H,2-4,7-8H2,1H3. The van der Waals surface area contributed by atoms with Gasteiger partial charge >= 0.3 is 0 Å². The van der Waals surface area contributed by atoms with E-state index in [4.69, 9.17) is 4.74 Å². The number of hydrogen-bond acceptors (Lipinski definition) is 4. The Morgan fingerprint density at radius 1 is 1.48 bits per heavy atom. The maximum Gasteiger partial charge on any atom is 0.115 e. The van der Waals surface area contributed by atoms with E-state index in [1.807, 2.05) is 29.2 Å². The van der Waals surface area contributed by atoms with Crippen molar-refractivity contribution >= 4 is 5.69 Å².